The summed E-state index contributed by atoms with van der Waals surface area (Å²) in [5, 5.41) is 3.23. The Kier molecular flexibility index (Phi) is 4.64. The molecule has 2 amide bonds. The van der Waals surface area contributed by atoms with Crippen LogP contribution in [0.25, 0.3) is 0 Å². The van der Waals surface area contributed by atoms with E-state index in [0.717, 1.165) is 10.6 Å². The van der Waals surface area contributed by atoms with Gasteiger partial charge in [0.2, 0.25) is 0 Å². The van der Waals surface area contributed by atoms with Crippen molar-refractivity contribution in [1.29, 1.82) is 0 Å². The third-order valence-corrected chi connectivity index (χ3v) is 5.21. The molecule has 0 saturated heterocycles. The predicted octanol–water partition coefficient (Wildman–Crippen LogP) is 3.13. The maximum Gasteiger partial charge on any atom is 0.276 e. The molecule has 1 N–H and O–H groups in total. The molecule has 0 bridgehead atoms. The first-order chi connectivity index (χ1) is 13.1. The molecule has 136 valence electrons. The molecule has 27 heavy (non-hydrogen) atoms. The van der Waals surface area contributed by atoms with Crippen molar-refractivity contribution in [3.63, 3.8) is 0 Å². The second kappa shape index (κ2) is 7.24. The van der Waals surface area contributed by atoms with Gasteiger partial charge >= 0.3 is 0 Å². The van der Waals surface area contributed by atoms with Crippen LogP contribution in [0.15, 0.2) is 48.7 Å². The van der Waals surface area contributed by atoms with E-state index in [1.165, 1.54) is 29.5 Å². The maximum atomic E-state index is 13.4. The molecule has 0 radical (unpaired) electrons. The number of hydrogen-bond acceptors (Lipinski definition) is 5. The van der Waals surface area contributed by atoms with Gasteiger partial charge in [0.1, 0.15) is 11.5 Å². The Morgan fingerprint density at radius 1 is 1.19 bits per heavy atom. The number of pyridine rings is 1. The van der Waals surface area contributed by atoms with Crippen LogP contribution in [-0.2, 0) is 13.0 Å². The van der Waals surface area contributed by atoms with E-state index < -0.39 is 5.82 Å². The zero-order valence-electron chi connectivity index (χ0n) is 14.2. The monoisotopic (exact) mass is 382 g/mol. The lowest BCUT2D eigenvalue weighted by molar-refractivity contribution is 0.0735. The third-order valence-electron chi connectivity index (χ3n) is 4.21. The number of aromatic nitrogens is 2. The van der Waals surface area contributed by atoms with E-state index in [9.17, 15) is 14.0 Å². The number of thiazole rings is 1. The Morgan fingerprint density at radius 3 is 2.85 bits per heavy atom. The highest BCUT2D eigenvalue weighted by atomic mass is 32.1. The number of carbonyl (C=O) groups excluding carboxylic acids is 2. The maximum absolute atomic E-state index is 13.4. The number of nitrogens with zero attached hydrogens (tertiary/aromatic N) is 3. The molecule has 8 heteroatoms. The summed E-state index contributed by atoms with van der Waals surface area (Å²) in [6, 6.07) is 10.8. The van der Waals surface area contributed by atoms with Crippen LogP contribution in [0.2, 0.25) is 0 Å². The summed E-state index contributed by atoms with van der Waals surface area (Å²) in [5.74, 6) is -0.974. The molecule has 0 spiro atoms. The molecule has 1 aromatic carbocycles. The molecular weight excluding hydrogens is 367 g/mol. The first kappa shape index (κ1) is 17.3. The first-order valence-electron chi connectivity index (χ1n) is 8.36. The average molecular weight is 382 g/mol. The lowest BCUT2D eigenvalue weighted by atomic mass is 10.1. The smallest absolute Gasteiger partial charge is 0.276 e. The zero-order chi connectivity index (χ0) is 18.8. The van der Waals surface area contributed by atoms with Crippen LogP contribution < -0.4 is 5.32 Å². The number of nitrogens with one attached hydrogen (secondary N) is 1. The van der Waals surface area contributed by atoms with Gasteiger partial charge in [0.25, 0.3) is 11.8 Å². The fraction of sp³-hybridized carbons (Fsp3) is 0.158. The van der Waals surface area contributed by atoms with Gasteiger partial charge in [-0.15, -0.1) is 0 Å². The van der Waals surface area contributed by atoms with E-state index in [1.807, 2.05) is 0 Å². The highest BCUT2D eigenvalue weighted by molar-refractivity contribution is 7.15. The Morgan fingerprint density at radius 2 is 2.07 bits per heavy atom. The Labute approximate surface area is 158 Å². The molecule has 3 aromatic rings. The van der Waals surface area contributed by atoms with E-state index in [1.54, 1.807) is 35.4 Å². The highest BCUT2D eigenvalue weighted by Crippen LogP contribution is 2.29. The van der Waals surface area contributed by atoms with Crippen LogP contribution in [0.4, 0.5) is 9.52 Å². The van der Waals surface area contributed by atoms with Gasteiger partial charge in [-0.05, 0) is 30.3 Å². The zero-order valence-corrected chi connectivity index (χ0v) is 15.0. The van der Waals surface area contributed by atoms with Crippen LogP contribution in [0.1, 0.15) is 31.4 Å². The number of benzene rings is 1. The standard InChI is InChI=1S/C19H15FN4O2S/c20-13-5-3-4-12(10-13)18(26)24-9-7-14-16(11-24)27-19(22-14)23-17(25)15-6-1-2-8-21-15/h1-6,8,10H,7,9,11H2,(H,22,23,25). The molecule has 1 aliphatic rings. The molecule has 6 nitrogen and oxygen atoms in total. The van der Waals surface area contributed by atoms with Gasteiger partial charge in [-0.3, -0.25) is 19.9 Å². The van der Waals surface area contributed by atoms with Crippen molar-refractivity contribution in [2.24, 2.45) is 0 Å². The number of hydrogen-bond donors (Lipinski definition) is 1. The van der Waals surface area contributed by atoms with Crippen molar-refractivity contribution < 1.29 is 14.0 Å². The van der Waals surface area contributed by atoms with Crippen molar-refractivity contribution in [1.82, 2.24) is 14.9 Å². The van der Waals surface area contributed by atoms with Crippen LogP contribution in [-0.4, -0.2) is 33.2 Å². The predicted molar refractivity (Wildman–Crippen MR) is 99.1 cm³/mol. The molecule has 3 heterocycles. The summed E-state index contributed by atoms with van der Waals surface area (Å²) in [6.07, 6.45) is 2.14. The van der Waals surface area contributed by atoms with Gasteiger partial charge < -0.3 is 4.90 Å². The summed E-state index contributed by atoms with van der Waals surface area (Å²) >= 11 is 1.34. The number of fused-ring (bicyclic) bond motifs is 1. The number of halogens is 1. The van der Waals surface area contributed by atoms with Crippen molar-refractivity contribution in [2.75, 3.05) is 11.9 Å². The molecule has 0 unspecified atom stereocenters. The van der Waals surface area contributed by atoms with Crippen LogP contribution in [0.5, 0.6) is 0 Å². The second-order valence-electron chi connectivity index (χ2n) is 6.05. The van der Waals surface area contributed by atoms with E-state index >= 15 is 0 Å². The van der Waals surface area contributed by atoms with Crippen molar-refractivity contribution in [3.8, 4) is 0 Å². The first-order valence-corrected chi connectivity index (χ1v) is 9.17. The van der Waals surface area contributed by atoms with Crippen LogP contribution in [0, 0.1) is 5.82 Å². The normalized spacial score (nSPS) is 13.1. The second-order valence-corrected chi connectivity index (χ2v) is 7.13. The molecule has 0 fully saturated rings. The molecule has 0 atom stereocenters. The van der Waals surface area contributed by atoms with Gasteiger partial charge in [0.15, 0.2) is 5.13 Å². The van der Waals surface area contributed by atoms with Gasteiger partial charge in [0, 0.05) is 29.6 Å². The summed E-state index contributed by atoms with van der Waals surface area (Å²) in [5.41, 5.74) is 1.51. The van der Waals surface area contributed by atoms with Crippen molar-refractivity contribution >= 4 is 28.3 Å². The molecule has 1 aliphatic heterocycles. The average Bonchev–Trinajstić information content (AvgIpc) is 3.09. The number of anilines is 1. The molecule has 4 rings (SSSR count). The summed E-state index contributed by atoms with van der Waals surface area (Å²) in [4.78, 5) is 35.9. The highest BCUT2D eigenvalue weighted by Gasteiger charge is 2.25. The largest absolute Gasteiger partial charge is 0.333 e. The van der Waals surface area contributed by atoms with Gasteiger partial charge in [-0.25, -0.2) is 9.37 Å². The number of amides is 2. The number of rotatable bonds is 3. The Bertz CT molecular complexity index is 1010. The van der Waals surface area contributed by atoms with Crippen LogP contribution in [0.3, 0.4) is 0 Å². The number of carbonyl (C=O) groups is 2. The van der Waals surface area contributed by atoms with E-state index in [-0.39, 0.29) is 11.8 Å². The lowest BCUT2D eigenvalue weighted by Gasteiger charge is -2.26. The van der Waals surface area contributed by atoms with Crippen molar-refractivity contribution in [2.45, 2.75) is 13.0 Å². The summed E-state index contributed by atoms with van der Waals surface area (Å²) in [7, 11) is 0. The summed E-state index contributed by atoms with van der Waals surface area (Å²) in [6.45, 7) is 0.890. The Hall–Kier alpha value is -3.13. The minimum Gasteiger partial charge on any atom is -0.333 e. The fourth-order valence-electron chi connectivity index (χ4n) is 2.88. The van der Waals surface area contributed by atoms with Gasteiger partial charge in [0.05, 0.1) is 12.2 Å². The molecular formula is C19H15FN4O2S. The fourth-order valence-corrected chi connectivity index (χ4v) is 3.90. The van der Waals surface area contributed by atoms with Gasteiger partial charge in [-0.1, -0.05) is 23.5 Å². The topological polar surface area (TPSA) is 75.2 Å². The minimum atomic E-state index is -0.434. The Balaban J connectivity index is 1.47. The third kappa shape index (κ3) is 3.70. The van der Waals surface area contributed by atoms with Crippen molar-refractivity contribution in [3.05, 3.63) is 76.3 Å². The molecule has 0 saturated carbocycles. The van der Waals surface area contributed by atoms with Gasteiger partial charge in [-0.2, -0.15) is 0 Å². The molecule has 0 aliphatic carbocycles. The lowest BCUT2D eigenvalue weighted by Crippen LogP contribution is -2.35. The van der Waals surface area contributed by atoms with E-state index in [0.29, 0.717) is 35.9 Å². The minimum absolute atomic E-state index is 0.215. The van der Waals surface area contributed by atoms with Crippen LogP contribution >= 0.6 is 11.3 Å². The SMILES string of the molecule is O=C(Nc1nc2c(s1)CN(C(=O)c1cccc(F)c1)CC2)c1ccccn1. The quantitative estimate of drug-likeness (QED) is 0.755. The van der Waals surface area contributed by atoms with E-state index in [4.69, 9.17) is 0 Å². The summed E-state index contributed by atoms with van der Waals surface area (Å²) < 4.78 is 13.4. The van der Waals surface area contributed by atoms with E-state index in [2.05, 4.69) is 15.3 Å². The molecule has 2 aromatic heterocycles.